The molecule has 1 unspecified atom stereocenters. The molecule has 0 aromatic heterocycles. The van der Waals surface area contributed by atoms with Crippen LogP contribution in [-0.4, -0.2) is 36.6 Å². The molecule has 1 heterocycles. The Morgan fingerprint density at radius 1 is 1.35 bits per heavy atom. The Morgan fingerprint density at radius 2 is 1.94 bits per heavy atom. The van der Waals surface area contributed by atoms with E-state index < -0.39 is 5.54 Å². The van der Waals surface area contributed by atoms with E-state index in [-0.39, 0.29) is 0 Å². The number of piperidine rings is 1. The summed E-state index contributed by atoms with van der Waals surface area (Å²) >= 11 is 0. The number of hydrogen-bond donors (Lipinski definition) is 1. The molecular weight excluding hydrogens is 210 g/mol. The van der Waals surface area contributed by atoms with Gasteiger partial charge < -0.3 is 4.90 Å². The molecular formula is C14H27N3. The van der Waals surface area contributed by atoms with Crippen molar-refractivity contribution in [1.29, 1.82) is 5.26 Å². The Morgan fingerprint density at radius 3 is 2.35 bits per heavy atom. The van der Waals surface area contributed by atoms with E-state index in [1.54, 1.807) is 0 Å². The third kappa shape index (κ3) is 3.97. The molecule has 0 amide bonds. The van der Waals surface area contributed by atoms with Gasteiger partial charge in [0.05, 0.1) is 6.07 Å². The van der Waals surface area contributed by atoms with Crippen LogP contribution in [0.2, 0.25) is 0 Å². The number of nitrogens with one attached hydrogen (secondary N) is 1. The SMILES string of the molecule is CCNC(C)(C#N)CN1CCC(C)(CC)CC1. The summed E-state index contributed by atoms with van der Waals surface area (Å²) in [5, 5.41) is 12.5. The van der Waals surface area contributed by atoms with Crippen LogP contribution in [0.1, 0.15) is 47.0 Å². The molecule has 0 bridgehead atoms. The minimum absolute atomic E-state index is 0.394. The van der Waals surface area contributed by atoms with Gasteiger partial charge in [-0.05, 0) is 44.8 Å². The number of hydrogen-bond acceptors (Lipinski definition) is 3. The second-order valence-electron chi connectivity index (χ2n) is 5.91. The van der Waals surface area contributed by atoms with Crippen LogP contribution >= 0.6 is 0 Å². The molecule has 0 saturated carbocycles. The monoisotopic (exact) mass is 237 g/mol. The lowest BCUT2D eigenvalue weighted by atomic mass is 9.78. The lowest BCUT2D eigenvalue weighted by Gasteiger charge is -2.41. The van der Waals surface area contributed by atoms with Gasteiger partial charge in [-0.3, -0.25) is 5.32 Å². The predicted octanol–water partition coefficient (Wildman–Crippen LogP) is 2.39. The van der Waals surface area contributed by atoms with Crippen LogP contribution in [0, 0.1) is 16.7 Å². The Balaban J connectivity index is 2.48. The summed E-state index contributed by atoms with van der Waals surface area (Å²) in [6, 6.07) is 2.41. The number of nitriles is 1. The largest absolute Gasteiger partial charge is 0.300 e. The Labute approximate surface area is 106 Å². The van der Waals surface area contributed by atoms with E-state index >= 15 is 0 Å². The number of rotatable bonds is 5. The highest BCUT2D eigenvalue weighted by molar-refractivity contribution is 5.06. The second-order valence-corrected chi connectivity index (χ2v) is 5.91. The molecule has 0 aromatic rings. The van der Waals surface area contributed by atoms with Gasteiger partial charge in [0.2, 0.25) is 0 Å². The zero-order chi connectivity index (χ0) is 12.9. The van der Waals surface area contributed by atoms with Crippen molar-refractivity contribution in [2.45, 2.75) is 52.5 Å². The van der Waals surface area contributed by atoms with E-state index in [1.165, 1.54) is 19.3 Å². The maximum absolute atomic E-state index is 9.26. The van der Waals surface area contributed by atoms with Crippen molar-refractivity contribution in [2.24, 2.45) is 5.41 Å². The zero-order valence-corrected chi connectivity index (χ0v) is 11.8. The fourth-order valence-electron chi connectivity index (χ4n) is 2.57. The first kappa shape index (κ1) is 14.5. The topological polar surface area (TPSA) is 39.1 Å². The van der Waals surface area contributed by atoms with Gasteiger partial charge in [0, 0.05) is 6.54 Å². The van der Waals surface area contributed by atoms with E-state index in [0.29, 0.717) is 5.41 Å². The predicted molar refractivity (Wildman–Crippen MR) is 71.8 cm³/mol. The molecule has 1 saturated heterocycles. The number of nitrogens with zero attached hydrogens (tertiary/aromatic N) is 2. The lowest BCUT2D eigenvalue weighted by molar-refractivity contribution is 0.0996. The molecule has 0 spiro atoms. The molecule has 3 heteroatoms. The summed E-state index contributed by atoms with van der Waals surface area (Å²) in [5.41, 5.74) is 0.131. The van der Waals surface area contributed by atoms with Gasteiger partial charge in [-0.15, -0.1) is 0 Å². The molecule has 1 N–H and O–H groups in total. The first-order valence-electron chi connectivity index (χ1n) is 6.85. The van der Waals surface area contributed by atoms with Crippen LogP contribution in [0.25, 0.3) is 0 Å². The average Bonchev–Trinajstić information content (AvgIpc) is 2.33. The standard InChI is InChI=1S/C14H27N3/c1-5-13(3)7-9-17(10-8-13)12-14(4,11-15)16-6-2/h16H,5-10,12H2,1-4H3. The molecule has 0 aromatic carbocycles. The fourth-order valence-corrected chi connectivity index (χ4v) is 2.57. The first-order valence-corrected chi connectivity index (χ1v) is 6.85. The number of likely N-dealkylation sites (N-methyl/N-ethyl adjacent to an activating group) is 1. The summed E-state index contributed by atoms with van der Waals surface area (Å²) in [4.78, 5) is 2.43. The molecule has 1 aliphatic heterocycles. The molecule has 1 aliphatic rings. The van der Waals surface area contributed by atoms with Crippen LogP contribution in [0.3, 0.4) is 0 Å². The highest BCUT2D eigenvalue weighted by Crippen LogP contribution is 2.34. The second kappa shape index (κ2) is 5.84. The van der Waals surface area contributed by atoms with Crippen LogP contribution < -0.4 is 5.32 Å². The van der Waals surface area contributed by atoms with E-state index in [2.05, 4.69) is 37.1 Å². The highest BCUT2D eigenvalue weighted by atomic mass is 15.2. The summed E-state index contributed by atoms with van der Waals surface area (Å²) in [6.07, 6.45) is 3.79. The molecule has 3 nitrogen and oxygen atoms in total. The molecule has 0 aliphatic carbocycles. The quantitative estimate of drug-likeness (QED) is 0.798. The van der Waals surface area contributed by atoms with Gasteiger partial charge in [-0.2, -0.15) is 5.26 Å². The van der Waals surface area contributed by atoms with Gasteiger partial charge >= 0.3 is 0 Å². The minimum atomic E-state index is -0.394. The van der Waals surface area contributed by atoms with Crippen molar-refractivity contribution in [2.75, 3.05) is 26.2 Å². The molecule has 1 fully saturated rings. The highest BCUT2D eigenvalue weighted by Gasteiger charge is 2.32. The first-order chi connectivity index (χ1) is 7.97. The van der Waals surface area contributed by atoms with Gasteiger partial charge in [0.15, 0.2) is 0 Å². The van der Waals surface area contributed by atoms with Gasteiger partial charge in [0.25, 0.3) is 0 Å². The van der Waals surface area contributed by atoms with Crippen molar-refractivity contribution in [3.63, 3.8) is 0 Å². The van der Waals surface area contributed by atoms with Crippen LogP contribution in [0.5, 0.6) is 0 Å². The maximum atomic E-state index is 9.26. The smallest absolute Gasteiger partial charge is 0.116 e. The van der Waals surface area contributed by atoms with E-state index in [1.807, 2.05) is 6.92 Å². The summed E-state index contributed by atoms with van der Waals surface area (Å²) < 4.78 is 0. The minimum Gasteiger partial charge on any atom is -0.300 e. The zero-order valence-electron chi connectivity index (χ0n) is 11.8. The van der Waals surface area contributed by atoms with E-state index in [9.17, 15) is 5.26 Å². The summed E-state index contributed by atoms with van der Waals surface area (Å²) in [7, 11) is 0. The van der Waals surface area contributed by atoms with Crippen molar-refractivity contribution in [3.8, 4) is 6.07 Å². The third-order valence-corrected chi connectivity index (χ3v) is 4.27. The number of likely N-dealkylation sites (tertiary alicyclic amines) is 1. The van der Waals surface area contributed by atoms with Crippen molar-refractivity contribution < 1.29 is 0 Å². The third-order valence-electron chi connectivity index (χ3n) is 4.27. The Kier molecular flexibility index (Phi) is 4.97. The van der Waals surface area contributed by atoms with Crippen molar-refractivity contribution in [1.82, 2.24) is 10.2 Å². The molecule has 17 heavy (non-hydrogen) atoms. The molecule has 1 rings (SSSR count). The molecule has 1 atom stereocenters. The van der Waals surface area contributed by atoms with Gasteiger partial charge in [0.1, 0.15) is 5.54 Å². The summed E-state index contributed by atoms with van der Waals surface area (Å²) in [6.45, 7) is 12.7. The van der Waals surface area contributed by atoms with Crippen LogP contribution in [-0.2, 0) is 0 Å². The van der Waals surface area contributed by atoms with Crippen molar-refractivity contribution >= 4 is 0 Å². The van der Waals surface area contributed by atoms with E-state index in [0.717, 1.165) is 26.2 Å². The molecule has 98 valence electrons. The lowest BCUT2D eigenvalue weighted by Crippen LogP contribution is -2.52. The van der Waals surface area contributed by atoms with Crippen molar-refractivity contribution in [3.05, 3.63) is 0 Å². The Hall–Kier alpha value is -0.590. The fraction of sp³-hybridized carbons (Fsp3) is 0.929. The molecule has 0 radical (unpaired) electrons. The average molecular weight is 237 g/mol. The van der Waals surface area contributed by atoms with Gasteiger partial charge in [-0.25, -0.2) is 0 Å². The van der Waals surface area contributed by atoms with Crippen LogP contribution in [0.15, 0.2) is 0 Å². The van der Waals surface area contributed by atoms with E-state index in [4.69, 9.17) is 0 Å². The maximum Gasteiger partial charge on any atom is 0.116 e. The summed E-state index contributed by atoms with van der Waals surface area (Å²) in [5.74, 6) is 0. The normalized spacial score (nSPS) is 23.9. The van der Waals surface area contributed by atoms with Crippen LogP contribution in [0.4, 0.5) is 0 Å². The van der Waals surface area contributed by atoms with Gasteiger partial charge in [-0.1, -0.05) is 27.2 Å². The Bertz CT molecular complexity index is 274.